The largest absolute Gasteiger partial charge is 0.494 e. The van der Waals surface area contributed by atoms with E-state index in [1.807, 2.05) is 60.8 Å². The minimum absolute atomic E-state index is 0.116. The van der Waals surface area contributed by atoms with Crippen molar-refractivity contribution in [2.75, 3.05) is 17.2 Å². The summed E-state index contributed by atoms with van der Waals surface area (Å²) < 4.78 is 5.40. The van der Waals surface area contributed by atoms with Gasteiger partial charge < -0.3 is 10.1 Å². The van der Waals surface area contributed by atoms with Crippen LogP contribution in [-0.4, -0.2) is 23.4 Å². The van der Waals surface area contributed by atoms with E-state index in [9.17, 15) is 9.59 Å². The zero-order chi connectivity index (χ0) is 20.6. The van der Waals surface area contributed by atoms with Gasteiger partial charge in [-0.25, -0.2) is 4.98 Å². The Labute approximate surface area is 173 Å². The Balaban J connectivity index is 1.59. The first-order valence-corrected chi connectivity index (χ1v) is 9.97. The van der Waals surface area contributed by atoms with E-state index >= 15 is 0 Å². The first-order valence-electron chi connectivity index (χ1n) is 9.09. The van der Waals surface area contributed by atoms with Crippen molar-refractivity contribution < 1.29 is 14.3 Å². The number of amides is 2. The molecule has 0 atom stereocenters. The van der Waals surface area contributed by atoms with Crippen LogP contribution in [0.15, 0.2) is 60.0 Å². The lowest BCUT2D eigenvalue weighted by atomic mass is 10.1. The van der Waals surface area contributed by atoms with Crippen LogP contribution in [0.5, 0.6) is 5.75 Å². The molecule has 2 N–H and O–H groups in total. The van der Waals surface area contributed by atoms with Gasteiger partial charge in [0.15, 0.2) is 5.13 Å². The summed E-state index contributed by atoms with van der Waals surface area (Å²) >= 11 is 1.35. The summed E-state index contributed by atoms with van der Waals surface area (Å²) in [7, 11) is 0. The van der Waals surface area contributed by atoms with Gasteiger partial charge in [-0.05, 0) is 42.8 Å². The van der Waals surface area contributed by atoms with Gasteiger partial charge in [0.1, 0.15) is 5.75 Å². The molecule has 0 radical (unpaired) electrons. The molecule has 3 rings (SSSR count). The van der Waals surface area contributed by atoms with Gasteiger partial charge in [-0.1, -0.05) is 24.3 Å². The highest BCUT2D eigenvalue weighted by molar-refractivity contribution is 7.14. The van der Waals surface area contributed by atoms with E-state index < -0.39 is 0 Å². The number of ether oxygens (including phenoxy) is 1. The molecule has 0 aliphatic heterocycles. The van der Waals surface area contributed by atoms with Crippen molar-refractivity contribution in [3.63, 3.8) is 0 Å². The van der Waals surface area contributed by atoms with Crippen LogP contribution < -0.4 is 15.4 Å². The summed E-state index contributed by atoms with van der Waals surface area (Å²) in [6.07, 6.45) is 3.21. The highest BCUT2D eigenvalue weighted by Crippen LogP contribution is 2.26. The molecule has 7 heteroatoms. The van der Waals surface area contributed by atoms with E-state index in [1.54, 1.807) is 6.08 Å². The van der Waals surface area contributed by atoms with Crippen molar-refractivity contribution in [2.45, 2.75) is 13.8 Å². The van der Waals surface area contributed by atoms with Crippen molar-refractivity contribution in [2.24, 2.45) is 0 Å². The average Bonchev–Trinajstić information content (AvgIpc) is 3.16. The number of carbonyl (C=O) groups excluding carboxylic acids is 2. The van der Waals surface area contributed by atoms with Gasteiger partial charge in [0.2, 0.25) is 11.8 Å². The highest BCUT2D eigenvalue weighted by Gasteiger charge is 2.07. The number of benzene rings is 2. The van der Waals surface area contributed by atoms with E-state index in [0.29, 0.717) is 11.7 Å². The number of hydrogen-bond acceptors (Lipinski definition) is 5. The molecule has 0 saturated carbocycles. The molecule has 2 aromatic carbocycles. The SMILES string of the molecule is CCOc1ccc(/C=C/C(=O)Nc2nc(-c3ccc(NC(C)=O)cc3)cs2)cc1. The Hall–Kier alpha value is -3.45. The molecule has 0 saturated heterocycles. The van der Waals surface area contributed by atoms with Gasteiger partial charge in [0.25, 0.3) is 0 Å². The molecular formula is C22H21N3O3S. The highest BCUT2D eigenvalue weighted by atomic mass is 32.1. The number of rotatable bonds is 7. The van der Waals surface area contributed by atoms with Gasteiger partial charge in [0.05, 0.1) is 12.3 Å². The third-order valence-corrected chi connectivity index (χ3v) is 4.61. The molecule has 0 unspecified atom stereocenters. The molecule has 1 heterocycles. The molecule has 1 aromatic heterocycles. The lowest BCUT2D eigenvalue weighted by Gasteiger charge is -2.03. The molecule has 0 spiro atoms. The summed E-state index contributed by atoms with van der Waals surface area (Å²) in [5, 5.41) is 7.89. The van der Waals surface area contributed by atoms with E-state index in [2.05, 4.69) is 15.6 Å². The third kappa shape index (κ3) is 6.02. The molecule has 0 bridgehead atoms. The number of carbonyl (C=O) groups is 2. The molecule has 0 aliphatic carbocycles. The molecule has 148 valence electrons. The van der Waals surface area contributed by atoms with Crippen molar-refractivity contribution in [1.29, 1.82) is 0 Å². The Morgan fingerprint density at radius 2 is 1.79 bits per heavy atom. The normalized spacial score (nSPS) is 10.7. The summed E-state index contributed by atoms with van der Waals surface area (Å²) in [4.78, 5) is 27.7. The van der Waals surface area contributed by atoms with E-state index in [1.165, 1.54) is 24.3 Å². The summed E-state index contributed by atoms with van der Waals surface area (Å²) in [5.41, 5.74) is 3.29. The topological polar surface area (TPSA) is 80.3 Å². The number of aromatic nitrogens is 1. The van der Waals surface area contributed by atoms with Crippen LogP contribution in [0.1, 0.15) is 19.4 Å². The van der Waals surface area contributed by atoms with E-state index in [4.69, 9.17) is 4.74 Å². The van der Waals surface area contributed by atoms with Crippen molar-refractivity contribution in [3.05, 3.63) is 65.6 Å². The van der Waals surface area contributed by atoms with Crippen LogP contribution >= 0.6 is 11.3 Å². The Morgan fingerprint density at radius 1 is 1.07 bits per heavy atom. The second-order valence-electron chi connectivity index (χ2n) is 6.12. The summed E-state index contributed by atoms with van der Waals surface area (Å²) in [5.74, 6) is 0.435. The van der Waals surface area contributed by atoms with Gasteiger partial charge in [0, 0.05) is 29.6 Å². The fourth-order valence-corrected chi connectivity index (χ4v) is 3.27. The number of nitrogens with zero attached hydrogens (tertiary/aromatic N) is 1. The van der Waals surface area contributed by atoms with Gasteiger partial charge in [-0.3, -0.25) is 14.9 Å². The second-order valence-corrected chi connectivity index (χ2v) is 6.98. The predicted octanol–water partition coefficient (Wildman–Crippen LogP) is 4.82. The van der Waals surface area contributed by atoms with E-state index in [-0.39, 0.29) is 11.8 Å². The quantitative estimate of drug-likeness (QED) is 0.550. The number of thiazole rings is 1. The maximum absolute atomic E-state index is 12.2. The Bertz CT molecular complexity index is 1010. The molecule has 0 aliphatic rings. The van der Waals surface area contributed by atoms with Gasteiger partial charge >= 0.3 is 0 Å². The smallest absolute Gasteiger partial charge is 0.250 e. The number of anilines is 2. The fourth-order valence-electron chi connectivity index (χ4n) is 2.55. The average molecular weight is 407 g/mol. The van der Waals surface area contributed by atoms with Crippen molar-refractivity contribution in [1.82, 2.24) is 4.98 Å². The number of hydrogen-bond donors (Lipinski definition) is 2. The minimum Gasteiger partial charge on any atom is -0.494 e. The summed E-state index contributed by atoms with van der Waals surface area (Å²) in [6, 6.07) is 14.9. The van der Waals surface area contributed by atoms with E-state index in [0.717, 1.165) is 28.3 Å². The van der Waals surface area contributed by atoms with Crippen LogP contribution in [0.4, 0.5) is 10.8 Å². The van der Waals surface area contributed by atoms with Gasteiger partial charge in [-0.15, -0.1) is 11.3 Å². The maximum atomic E-state index is 12.2. The van der Waals surface area contributed by atoms with Crippen molar-refractivity contribution >= 4 is 40.0 Å². The van der Waals surface area contributed by atoms with Crippen LogP contribution in [0, 0.1) is 0 Å². The minimum atomic E-state index is -0.249. The first-order chi connectivity index (χ1) is 14.0. The molecule has 6 nitrogen and oxygen atoms in total. The standard InChI is InChI=1S/C22H21N3O3S/c1-3-28-19-11-4-16(5-12-19)6-13-21(27)25-22-24-20(14-29-22)17-7-9-18(10-8-17)23-15(2)26/h4-14H,3H2,1-2H3,(H,23,26)(H,24,25,27)/b13-6+. The zero-order valence-electron chi connectivity index (χ0n) is 16.1. The van der Waals surface area contributed by atoms with Gasteiger partial charge in [-0.2, -0.15) is 0 Å². The van der Waals surface area contributed by atoms with Crippen LogP contribution in [-0.2, 0) is 9.59 Å². The fraction of sp³-hybridized carbons (Fsp3) is 0.136. The zero-order valence-corrected chi connectivity index (χ0v) is 17.0. The molecule has 0 fully saturated rings. The molecule has 2 amide bonds. The Kier molecular flexibility index (Phi) is 6.76. The van der Waals surface area contributed by atoms with Crippen molar-refractivity contribution in [3.8, 4) is 17.0 Å². The van der Waals surface area contributed by atoms with Crippen LogP contribution in [0.3, 0.4) is 0 Å². The summed E-state index contributed by atoms with van der Waals surface area (Å²) in [6.45, 7) is 4.02. The predicted molar refractivity (Wildman–Crippen MR) is 117 cm³/mol. The monoisotopic (exact) mass is 407 g/mol. The lowest BCUT2D eigenvalue weighted by Crippen LogP contribution is -2.07. The second kappa shape index (κ2) is 9.66. The molecular weight excluding hydrogens is 386 g/mol. The third-order valence-electron chi connectivity index (χ3n) is 3.85. The Morgan fingerprint density at radius 3 is 2.45 bits per heavy atom. The van der Waals surface area contributed by atoms with Crippen LogP contribution in [0.25, 0.3) is 17.3 Å². The molecule has 29 heavy (non-hydrogen) atoms. The lowest BCUT2D eigenvalue weighted by molar-refractivity contribution is -0.114. The van der Waals surface area contributed by atoms with Crippen LogP contribution in [0.2, 0.25) is 0 Å². The first kappa shape index (κ1) is 20.3. The maximum Gasteiger partial charge on any atom is 0.250 e. The molecule has 3 aromatic rings. The number of nitrogens with one attached hydrogen (secondary N) is 2.